The van der Waals surface area contributed by atoms with Crippen molar-refractivity contribution in [3.8, 4) is 0 Å². The summed E-state index contributed by atoms with van der Waals surface area (Å²) in [6, 6.07) is 4.25. The maximum atomic E-state index is 14.0. The first kappa shape index (κ1) is 14.5. The molecule has 1 heterocycles. The summed E-state index contributed by atoms with van der Waals surface area (Å²) in [5, 5.41) is 2.53. The molecule has 1 aliphatic heterocycles. The number of hydrogen-bond donors (Lipinski definition) is 1. The molecule has 108 valence electrons. The molecule has 1 amide bonds. The smallest absolute Gasteiger partial charge is 0.243 e. The summed E-state index contributed by atoms with van der Waals surface area (Å²) in [6.07, 6.45) is 1.63. The van der Waals surface area contributed by atoms with Crippen molar-refractivity contribution >= 4 is 21.6 Å². The van der Waals surface area contributed by atoms with E-state index in [1.807, 2.05) is 0 Å². The van der Waals surface area contributed by atoms with E-state index in [0.29, 0.717) is 18.5 Å². The van der Waals surface area contributed by atoms with Gasteiger partial charge in [0.15, 0.2) is 0 Å². The number of sulfonamides is 1. The first-order chi connectivity index (χ1) is 9.44. The van der Waals surface area contributed by atoms with Crippen LogP contribution in [0.2, 0.25) is 0 Å². The topological polar surface area (TPSA) is 66.5 Å². The third-order valence-electron chi connectivity index (χ3n) is 3.03. The standard InChI is InChI=1S/C13H15FN2O3S/c1-2-13(17)15-9-10-4-5-12(11(14)8-10)16-6-3-7-20(16,18)19/h2,4-5,8H,1,3,6-7,9H2,(H,15,17). The number of carbonyl (C=O) groups excluding carboxylic acids is 1. The van der Waals surface area contributed by atoms with E-state index in [4.69, 9.17) is 0 Å². The van der Waals surface area contributed by atoms with Crippen molar-refractivity contribution in [1.29, 1.82) is 0 Å². The zero-order valence-electron chi connectivity index (χ0n) is 10.8. The van der Waals surface area contributed by atoms with Crippen molar-refractivity contribution in [3.63, 3.8) is 0 Å². The molecule has 0 aliphatic carbocycles. The summed E-state index contributed by atoms with van der Waals surface area (Å²) in [7, 11) is -3.39. The Labute approximate surface area is 117 Å². The predicted molar refractivity (Wildman–Crippen MR) is 74.2 cm³/mol. The van der Waals surface area contributed by atoms with E-state index < -0.39 is 15.8 Å². The van der Waals surface area contributed by atoms with E-state index in [1.165, 1.54) is 12.1 Å². The van der Waals surface area contributed by atoms with Gasteiger partial charge in [-0.05, 0) is 30.2 Å². The van der Waals surface area contributed by atoms with Gasteiger partial charge in [0, 0.05) is 13.1 Å². The predicted octanol–water partition coefficient (Wildman–Crippen LogP) is 1.17. The van der Waals surface area contributed by atoms with Crippen molar-refractivity contribution < 1.29 is 17.6 Å². The third kappa shape index (κ3) is 2.98. The molecule has 2 rings (SSSR count). The van der Waals surface area contributed by atoms with Gasteiger partial charge < -0.3 is 5.32 Å². The molecule has 1 aromatic carbocycles. The van der Waals surface area contributed by atoms with E-state index in [-0.39, 0.29) is 23.9 Å². The highest BCUT2D eigenvalue weighted by Crippen LogP contribution is 2.27. The van der Waals surface area contributed by atoms with Crippen LogP contribution in [-0.2, 0) is 21.4 Å². The SMILES string of the molecule is C=CC(=O)NCc1ccc(N2CCCS2(=O)=O)c(F)c1. The summed E-state index contributed by atoms with van der Waals surface area (Å²) in [4.78, 5) is 11.0. The fourth-order valence-corrected chi connectivity index (χ4v) is 3.60. The Kier molecular flexibility index (Phi) is 4.08. The third-order valence-corrected chi connectivity index (χ3v) is 4.89. The summed E-state index contributed by atoms with van der Waals surface area (Å²) < 4.78 is 38.6. The van der Waals surface area contributed by atoms with Gasteiger partial charge in [-0.3, -0.25) is 9.10 Å². The molecule has 1 saturated heterocycles. The molecule has 0 saturated carbocycles. The lowest BCUT2D eigenvalue weighted by Gasteiger charge is -2.18. The van der Waals surface area contributed by atoms with Crippen LogP contribution in [-0.4, -0.2) is 26.6 Å². The molecular formula is C13H15FN2O3S. The van der Waals surface area contributed by atoms with Gasteiger partial charge in [0.1, 0.15) is 5.82 Å². The fraction of sp³-hybridized carbons (Fsp3) is 0.308. The molecule has 1 aromatic rings. The maximum Gasteiger partial charge on any atom is 0.243 e. The average Bonchev–Trinajstić information content (AvgIpc) is 2.75. The lowest BCUT2D eigenvalue weighted by atomic mass is 10.2. The molecule has 1 fully saturated rings. The van der Waals surface area contributed by atoms with Crippen LogP contribution in [0.3, 0.4) is 0 Å². The van der Waals surface area contributed by atoms with Gasteiger partial charge in [0.2, 0.25) is 15.9 Å². The summed E-state index contributed by atoms with van der Waals surface area (Å²) in [6.45, 7) is 3.77. The van der Waals surface area contributed by atoms with Gasteiger partial charge in [-0.2, -0.15) is 0 Å². The Balaban J connectivity index is 2.18. The number of benzene rings is 1. The second-order valence-corrected chi connectivity index (χ2v) is 6.46. The Morgan fingerprint density at radius 2 is 2.25 bits per heavy atom. The second-order valence-electron chi connectivity index (χ2n) is 4.45. The van der Waals surface area contributed by atoms with Crippen molar-refractivity contribution in [2.24, 2.45) is 0 Å². The van der Waals surface area contributed by atoms with Crippen LogP contribution in [0.15, 0.2) is 30.9 Å². The van der Waals surface area contributed by atoms with Crippen LogP contribution in [0.4, 0.5) is 10.1 Å². The van der Waals surface area contributed by atoms with Gasteiger partial charge in [0.25, 0.3) is 0 Å². The zero-order chi connectivity index (χ0) is 14.8. The molecule has 1 aliphatic rings. The number of carbonyl (C=O) groups is 1. The Morgan fingerprint density at radius 3 is 2.80 bits per heavy atom. The molecule has 0 unspecified atom stereocenters. The molecular weight excluding hydrogens is 283 g/mol. The lowest BCUT2D eigenvalue weighted by molar-refractivity contribution is -0.116. The van der Waals surface area contributed by atoms with Crippen molar-refractivity contribution in [2.75, 3.05) is 16.6 Å². The maximum absolute atomic E-state index is 14.0. The molecule has 0 aromatic heterocycles. The van der Waals surface area contributed by atoms with Gasteiger partial charge in [-0.1, -0.05) is 12.6 Å². The van der Waals surface area contributed by atoms with E-state index in [0.717, 1.165) is 10.4 Å². The first-order valence-corrected chi connectivity index (χ1v) is 7.74. The van der Waals surface area contributed by atoms with Gasteiger partial charge in [-0.25, -0.2) is 12.8 Å². The molecule has 0 spiro atoms. The molecule has 0 atom stereocenters. The second kappa shape index (κ2) is 5.62. The molecule has 1 N–H and O–H groups in total. The average molecular weight is 298 g/mol. The summed E-state index contributed by atoms with van der Waals surface area (Å²) >= 11 is 0. The normalized spacial score (nSPS) is 16.9. The van der Waals surface area contributed by atoms with Crippen LogP contribution in [0.1, 0.15) is 12.0 Å². The Morgan fingerprint density at radius 1 is 1.50 bits per heavy atom. The number of nitrogens with one attached hydrogen (secondary N) is 1. The van der Waals surface area contributed by atoms with Crippen molar-refractivity contribution in [2.45, 2.75) is 13.0 Å². The monoisotopic (exact) mass is 298 g/mol. The van der Waals surface area contributed by atoms with Crippen molar-refractivity contribution in [1.82, 2.24) is 5.32 Å². The summed E-state index contributed by atoms with van der Waals surface area (Å²) in [5.74, 6) is -0.915. The molecule has 0 bridgehead atoms. The van der Waals surface area contributed by atoms with E-state index in [2.05, 4.69) is 11.9 Å². The van der Waals surface area contributed by atoms with E-state index in [1.54, 1.807) is 6.07 Å². The molecule has 7 heteroatoms. The quantitative estimate of drug-likeness (QED) is 0.849. The highest BCUT2D eigenvalue weighted by molar-refractivity contribution is 7.93. The number of rotatable bonds is 4. The number of nitrogens with zero attached hydrogens (tertiary/aromatic N) is 1. The van der Waals surface area contributed by atoms with Crippen LogP contribution in [0, 0.1) is 5.82 Å². The van der Waals surface area contributed by atoms with Gasteiger partial charge in [0.05, 0.1) is 11.4 Å². The summed E-state index contributed by atoms with van der Waals surface area (Å²) in [5.41, 5.74) is 0.611. The lowest BCUT2D eigenvalue weighted by Crippen LogP contribution is -2.26. The van der Waals surface area contributed by atoms with Crippen LogP contribution < -0.4 is 9.62 Å². The minimum Gasteiger partial charge on any atom is -0.348 e. The van der Waals surface area contributed by atoms with Crippen LogP contribution >= 0.6 is 0 Å². The molecule has 5 nitrogen and oxygen atoms in total. The zero-order valence-corrected chi connectivity index (χ0v) is 11.6. The number of anilines is 1. The first-order valence-electron chi connectivity index (χ1n) is 6.13. The largest absolute Gasteiger partial charge is 0.348 e. The Hall–Kier alpha value is -1.89. The number of amides is 1. The van der Waals surface area contributed by atoms with E-state index >= 15 is 0 Å². The van der Waals surface area contributed by atoms with Gasteiger partial charge >= 0.3 is 0 Å². The molecule has 0 radical (unpaired) electrons. The van der Waals surface area contributed by atoms with Crippen molar-refractivity contribution in [3.05, 3.63) is 42.2 Å². The Bertz CT molecular complexity index is 643. The molecule has 20 heavy (non-hydrogen) atoms. The highest BCUT2D eigenvalue weighted by Gasteiger charge is 2.30. The van der Waals surface area contributed by atoms with Crippen LogP contribution in [0.5, 0.6) is 0 Å². The van der Waals surface area contributed by atoms with E-state index in [9.17, 15) is 17.6 Å². The van der Waals surface area contributed by atoms with Crippen LogP contribution in [0.25, 0.3) is 0 Å². The number of hydrogen-bond acceptors (Lipinski definition) is 3. The minimum atomic E-state index is -3.39. The fourth-order valence-electron chi connectivity index (χ4n) is 2.03. The number of halogens is 1. The van der Waals surface area contributed by atoms with Gasteiger partial charge in [-0.15, -0.1) is 0 Å². The minimum absolute atomic E-state index is 0.0452. The highest BCUT2D eigenvalue weighted by atomic mass is 32.2.